The summed E-state index contributed by atoms with van der Waals surface area (Å²) in [5.74, 6) is 0.772. The average Bonchev–Trinajstić information content (AvgIpc) is 2.76. The Balaban J connectivity index is 1.92. The Morgan fingerprint density at radius 2 is 2.23 bits per heavy atom. The minimum atomic E-state index is -0.00926. The van der Waals surface area contributed by atoms with E-state index in [1.807, 2.05) is 10.9 Å². The van der Waals surface area contributed by atoms with Crippen molar-refractivity contribution in [2.45, 2.75) is 38.8 Å². The van der Waals surface area contributed by atoms with Gasteiger partial charge in [0, 0.05) is 6.54 Å². The van der Waals surface area contributed by atoms with Crippen LogP contribution in [0.4, 0.5) is 0 Å². The Labute approximate surface area is 77.6 Å². The molecule has 0 amide bonds. The van der Waals surface area contributed by atoms with Crippen molar-refractivity contribution >= 4 is 0 Å². The molecule has 1 fully saturated rings. The third-order valence-corrected chi connectivity index (χ3v) is 2.67. The maximum atomic E-state index is 8.80. The zero-order valence-electron chi connectivity index (χ0n) is 7.69. The largest absolute Gasteiger partial charge is 0.390 e. The second-order valence-electron chi connectivity index (χ2n) is 3.74. The van der Waals surface area contributed by atoms with Crippen LogP contribution in [0.2, 0.25) is 0 Å². The van der Waals surface area contributed by atoms with Gasteiger partial charge in [0.25, 0.3) is 0 Å². The van der Waals surface area contributed by atoms with Crippen LogP contribution in [0.15, 0.2) is 6.20 Å². The van der Waals surface area contributed by atoms with E-state index in [1.165, 1.54) is 25.7 Å². The minimum absolute atomic E-state index is 0.00926. The lowest BCUT2D eigenvalue weighted by atomic mass is 10.1. The lowest BCUT2D eigenvalue weighted by molar-refractivity contribution is 0.276. The molecule has 2 rings (SSSR count). The lowest BCUT2D eigenvalue weighted by Crippen LogP contribution is -2.07. The number of aliphatic hydroxyl groups is 1. The molecule has 0 aromatic carbocycles. The SMILES string of the molecule is OCc1cn(CC2CCCC2)nn1. The van der Waals surface area contributed by atoms with E-state index in [-0.39, 0.29) is 6.61 Å². The van der Waals surface area contributed by atoms with E-state index in [4.69, 9.17) is 5.11 Å². The molecule has 1 aliphatic rings. The molecular formula is C9H15N3O. The number of rotatable bonds is 3. The van der Waals surface area contributed by atoms with E-state index in [0.29, 0.717) is 5.69 Å². The van der Waals surface area contributed by atoms with E-state index in [9.17, 15) is 0 Å². The molecule has 1 saturated carbocycles. The fourth-order valence-corrected chi connectivity index (χ4v) is 1.96. The van der Waals surface area contributed by atoms with Crippen LogP contribution in [-0.2, 0) is 13.2 Å². The standard InChI is InChI=1S/C9H15N3O/c13-7-9-6-12(11-10-9)5-8-3-1-2-4-8/h6,8,13H,1-5,7H2. The van der Waals surface area contributed by atoms with Gasteiger partial charge in [-0.1, -0.05) is 18.1 Å². The van der Waals surface area contributed by atoms with E-state index in [1.54, 1.807) is 0 Å². The van der Waals surface area contributed by atoms with Crippen LogP contribution in [0.3, 0.4) is 0 Å². The Kier molecular flexibility index (Phi) is 2.59. The second kappa shape index (κ2) is 3.87. The van der Waals surface area contributed by atoms with Gasteiger partial charge in [-0.05, 0) is 18.8 Å². The fourth-order valence-electron chi connectivity index (χ4n) is 1.96. The average molecular weight is 181 g/mol. The predicted octanol–water partition coefficient (Wildman–Crippen LogP) is 0.961. The van der Waals surface area contributed by atoms with Gasteiger partial charge in [-0.3, -0.25) is 4.68 Å². The molecule has 1 aliphatic carbocycles. The van der Waals surface area contributed by atoms with Crippen molar-refractivity contribution in [3.05, 3.63) is 11.9 Å². The summed E-state index contributed by atoms with van der Waals surface area (Å²) in [5, 5.41) is 16.6. The van der Waals surface area contributed by atoms with Crippen LogP contribution in [0.5, 0.6) is 0 Å². The molecule has 72 valence electrons. The van der Waals surface area contributed by atoms with Gasteiger partial charge < -0.3 is 5.11 Å². The topological polar surface area (TPSA) is 50.9 Å². The normalized spacial score (nSPS) is 18.2. The number of hydrogen-bond acceptors (Lipinski definition) is 3. The highest BCUT2D eigenvalue weighted by molar-refractivity contribution is 4.89. The molecule has 4 nitrogen and oxygen atoms in total. The van der Waals surface area contributed by atoms with Crippen molar-refractivity contribution in [1.29, 1.82) is 0 Å². The van der Waals surface area contributed by atoms with Crippen LogP contribution < -0.4 is 0 Å². The number of aromatic nitrogens is 3. The lowest BCUT2D eigenvalue weighted by Gasteiger charge is -2.06. The highest BCUT2D eigenvalue weighted by Crippen LogP contribution is 2.25. The highest BCUT2D eigenvalue weighted by Gasteiger charge is 2.15. The van der Waals surface area contributed by atoms with E-state index < -0.39 is 0 Å². The van der Waals surface area contributed by atoms with Crippen molar-refractivity contribution in [1.82, 2.24) is 15.0 Å². The first-order valence-corrected chi connectivity index (χ1v) is 4.88. The van der Waals surface area contributed by atoms with Crippen molar-refractivity contribution in [2.75, 3.05) is 0 Å². The molecule has 0 spiro atoms. The molecule has 1 N–H and O–H groups in total. The molecule has 1 aromatic rings. The molecule has 1 aromatic heterocycles. The van der Waals surface area contributed by atoms with Crippen LogP contribution in [-0.4, -0.2) is 20.1 Å². The maximum absolute atomic E-state index is 8.80. The molecule has 0 atom stereocenters. The summed E-state index contributed by atoms with van der Waals surface area (Å²) in [6.45, 7) is 0.956. The van der Waals surface area contributed by atoms with Gasteiger partial charge in [0.15, 0.2) is 0 Å². The van der Waals surface area contributed by atoms with Gasteiger partial charge >= 0.3 is 0 Å². The van der Waals surface area contributed by atoms with E-state index in [0.717, 1.165) is 12.5 Å². The number of nitrogens with zero attached hydrogens (tertiary/aromatic N) is 3. The molecule has 0 saturated heterocycles. The summed E-state index contributed by atoms with van der Waals surface area (Å²) >= 11 is 0. The second-order valence-corrected chi connectivity index (χ2v) is 3.74. The summed E-state index contributed by atoms with van der Waals surface area (Å²) in [6.07, 6.45) is 7.17. The summed E-state index contributed by atoms with van der Waals surface area (Å²) < 4.78 is 1.85. The van der Waals surface area contributed by atoms with Gasteiger partial charge in [0.2, 0.25) is 0 Å². The Hall–Kier alpha value is -0.900. The molecule has 13 heavy (non-hydrogen) atoms. The van der Waals surface area contributed by atoms with Gasteiger partial charge in [0.05, 0.1) is 12.8 Å². The van der Waals surface area contributed by atoms with Crippen molar-refractivity contribution in [3.8, 4) is 0 Å². The monoisotopic (exact) mass is 181 g/mol. The molecule has 0 bridgehead atoms. The Bertz CT molecular complexity index is 266. The van der Waals surface area contributed by atoms with Gasteiger partial charge in [-0.2, -0.15) is 0 Å². The highest BCUT2D eigenvalue weighted by atomic mass is 16.3. The zero-order valence-corrected chi connectivity index (χ0v) is 7.69. The van der Waals surface area contributed by atoms with Crippen molar-refractivity contribution < 1.29 is 5.11 Å². The summed E-state index contributed by atoms with van der Waals surface area (Å²) in [5.41, 5.74) is 0.665. The van der Waals surface area contributed by atoms with Crippen LogP contribution in [0.25, 0.3) is 0 Å². The first-order chi connectivity index (χ1) is 6.38. The Morgan fingerprint density at radius 1 is 1.46 bits per heavy atom. The third-order valence-electron chi connectivity index (χ3n) is 2.67. The summed E-state index contributed by atoms with van der Waals surface area (Å²) in [4.78, 5) is 0. The van der Waals surface area contributed by atoms with Crippen LogP contribution in [0.1, 0.15) is 31.4 Å². The third kappa shape index (κ3) is 2.06. The first-order valence-electron chi connectivity index (χ1n) is 4.88. The maximum Gasteiger partial charge on any atom is 0.108 e. The summed E-state index contributed by atoms with van der Waals surface area (Å²) in [6, 6.07) is 0. The first kappa shape index (κ1) is 8.69. The van der Waals surface area contributed by atoms with Gasteiger partial charge in [-0.25, -0.2) is 0 Å². The predicted molar refractivity (Wildman–Crippen MR) is 47.9 cm³/mol. The van der Waals surface area contributed by atoms with Crippen molar-refractivity contribution in [2.24, 2.45) is 5.92 Å². The molecule has 4 heteroatoms. The fraction of sp³-hybridized carbons (Fsp3) is 0.778. The van der Waals surface area contributed by atoms with Gasteiger partial charge in [-0.15, -0.1) is 5.10 Å². The van der Waals surface area contributed by atoms with E-state index >= 15 is 0 Å². The zero-order chi connectivity index (χ0) is 9.10. The minimum Gasteiger partial charge on any atom is -0.390 e. The van der Waals surface area contributed by atoms with Crippen LogP contribution >= 0.6 is 0 Å². The molecule has 0 unspecified atom stereocenters. The van der Waals surface area contributed by atoms with Crippen LogP contribution in [0, 0.1) is 5.92 Å². The van der Waals surface area contributed by atoms with Crippen molar-refractivity contribution in [3.63, 3.8) is 0 Å². The quantitative estimate of drug-likeness (QED) is 0.755. The molecule has 0 radical (unpaired) electrons. The molecule has 0 aliphatic heterocycles. The number of aliphatic hydroxyl groups excluding tert-OH is 1. The summed E-state index contributed by atoms with van der Waals surface area (Å²) in [7, 11) is 0. The molecule has 1 heterocycles. The Morgan fingerprint density at radius 3 is 2.85 bits per heavy atom. The smallest absolute Gasteiger partial charge is 0.108 e. The van der Waals surface area contributed by atoms with Gasteiger partial charge in [0.1, 0.15) is 5.69 Å². The molecular weight excluding hydrogens is 166 g/mol. The number of hydrogen-bond donors (Lipinski definition) is 1. The van der Waals surface area contributed by atoms with E-state index in [2.05, 4.69) is 10.3 Å².